The average molecular weight is 199 g/mol. The van der Waals surface area contributed by atoms with Crippen molar-refractivity contribution in [1.29, 1.82) is 0 Å². The SMILES string of the molecule is C[C@@H](C(=O)N(C)C(C)(C)C)C(C)(C)C. The Hall–Kier alpha value is -0.530. The van der Waals surface area contributed by atoms with Crippen molar-refractivity contribution in [3.05, 3.63) is 0 Å². The van der Waals surface area contributed by atoms with Gasteiger partial charge in [-0.15, -0.1) is 0 Å². The second kappa shape index (κ2) is 3.92. The highest BCUT2D eigenvalue weighted by atomic mass is 16.2. The number of nitrogens with zero attached hydrogens (tertiary/aromatic N) is 1. The molecule has 0 aromatic rings. The lowest BCUT2D eigenvalue weighted by atomic mass is 9.81. The van der Waals surface area contributed by atoms with E-state index in [1.54, 1.807) is 0 Å². The molecule has 2 heteroatoms. The minimum Gasteiger partial charge on any atom is -0.341 e. The van der Waals surface area contributed by atoms with E-state index in [1.165, 1.54) is 0 Å². The topological polar surface area (TPSA) is 20.3 Å². The highest BCUT2D eigenvalue weighted by Crippen LogP contribution is 2.28. The molecule has 0 aliphatic rings. The first-order valence-corrected chi connectivity index (χ1v) is 5.25. The predicted molar refractivity (Wildman–Crippen MR) is 61.1 cm³/mol. The van der Waals surface area contributed by atoms with E-state index >= 15 is 0 Å². The van der Waals surface area contributed by atoms with Crippen LogP contribution in [0.3, 0.4) is 0 Å². The van der Waals surface area contributed by atoms with Gasteiger partial charge in [0.05, 0.1) is 0 Å². The van der Waals surface area contributed by atoms with Gasteiger partial charge in [-0.05, 0) is 26.2 Å². The van der Waals surface area contributed by atoms with E-state index in [4.69, 9.17) is 0 Å². The maximum atomic E-state index is 12.1. The highest BCUT2D eigenvalue weighted by Gasteiger charge is 2.32. The first-order chi connectivity index (χ1) is 5.98. The van der Waals surface area contributed by atoms with Crippen LogP contribution in [0.1, 0.15) is 48.5 Å². The Kier molecular flexibility index (Phi) is 3.77. The molecule has 84 valence electrons. The number of carbonyl (C=O) groups excluding carboxylic acids is 1. The van der Waals surface area contributed by atoms with E-state index < -0.39 is 0 Å². The maximum Gasteiger partial charge on any atom is 0.226 e. The van der Waals surface area contributed by atoms with Gasteiger partial charge < -0.3 is 4.90 Å². The molecule has 0 spiro atoms. The minimum absolute atomic E-state index is 0.0383. The zero-order valence-corrected chi connectivity index (χ0v) is 10.9. The third-order valence-electron chi connectivity index (χ3n) is 3.01. The summed E-state index contributed by atoms with van der Waals surface area (Å²) in [4.78, 5) is 13.9. The summed E-state index contributed by atoms with van der Waals surface area (Å²) in [6.45, 7) is 14.5. The van der Waals surface area contributed by atoms with Crippen molar-refractivity contribution >= 4 is 5.91 Å². The number of hydrogen-bond donors (Lipinski definition) is 0. The van der Waals surface area contributed by atoms with Crippen molar-refractivity contribution in [3.63, 3.8) is 0 Å². The van der Waals surface area contributed by atoms with Gasteiger partial charge in [-0.25, -0.2) is 0 Å². The first-order valence-electron chi connectivity index (χ1n) is 5.25. The third-order valence-corrected chi connectivity index (χ3v) is 3.01. The van der Waals surface area contributed by atoms with Crippen LogP contribution < -0.4 is 0 Å². The van der Waals surface area contributed by atoms with Gasteiger partial charge in [0.15, 0.2) is 0 Å². The Morgan fingerprint density at radius 1 is 1.07 bits per heavy atom. The maximum absolute atomic E-state index is 12.1. The summed E-state index contributed by atoms with van der Waals surface area (Å²) in [7, 11) is 1.88. The van der Waals surface area contributed by atoms with Crippen molar-refractivity contribution in [2.24, 2.45) is 11.3 Å². The van der Waals surface area contributed by atoms with E-state index in [1.807, 2.05) is 18.9 Å². The standard InChI is InChI=1S/C12H25NO/c1-9(11(2,3)4)10(14)13(8)12(5,6)7/h9H,1-8H3/t9-/m0/s1. The van der Waals surface area contributed by atoms with Gasteiger partial charge in [-0.1, -0.05) is 27.7 Å². The molecule has 0 fully saturated rings. The molecule has 1 amide bonds. The van der Waals surface area contributed by atoms with E-state index in [9.17, 15) is 4.79 Å². The summed E-state index contributed by atoms with van der Waals surface area (Å²) in [6.07, 6.45) is 0. The quantitative estimate of drug-likeness (QED) is 0.636. The molecule has 0 N–H and O–H groups in total. The van der Waals surface area contributed by atoms with Gasteiger partial charge >= 0.3 is 0 Å². The van der Waals surface area contributed by atoms with Gasteiger partial charge in [0, 0.05) is 18.5 Å². The van der Waals surface area contributed by atoms with Crippen molar-refractivity contribution < 1.29 is 4.79 Å². The summed E-state index contributed by atoms with van der Waals surface area (Å²) in [5, 5.41) is 0. The molecule has 0 saturated carbocycles. The Labute approximate surface area is 88.7 Å². The second-order valence-corrected chi connectivity index (χ2v) is 6.16. The number of amides is 1. The van der Waals surface area contributed by atoms with Crippen molar-refractivity contribution in [1.82, 2.24) is 4.90 Å². The number of carbonyl (C=O) groups is 1. The molecule has 0 unspecified atom stereocenters. The Bertz CT molecular complexity index is 185. The second-order valence-electron chi connectivity index (χ2n) is 6.16. The zero-order valence-electron chi connectivity index (χ0n) is 10.9. The molecule has 0 aromatic carbocycles. The van der Waals surface area contributed by atoms with Crippen LogP contribution in [0.2, 0.25) is 0 Å². The zero-order chi connectivity index (χ0) is 11.7. The summed E-state index contributed by atoms with van der Waals surface area (Å²) < 4.78 is 0. The molecule has 0 aliphatic heterocycles. The van der Waals surface area contributed by atoms with E-state index in [0.717, 1.165) is 0 Å². The van der Waals surface area contributed by atoms with Crippen LogP contribution in [0.15, 0.2) is 0 Å². The fraction of sp³-hybridized carbons (Fsp3) is 0.917. The minimum atomic E-state index is -0.0867. The van der Waals surface area contributed by atoms with Crippen LogP contribution in [0.5, 0.6) is 0 Å². The fourth-order valence-corrected chi connectivity index (χ4v) is 0.991. The molecule has 0 heterocycles. The van der Waals surface area contributed by atoms with Gasteiger partial charge in [0.2, 0.25) is 5.91 Å². The molecule has 0 aliphatic carbocycles. The molecule has 0 rings (SSSR count). The molecule has 1 atom stereocenters. The molecular weight excluding hydrogens is 174 g/mol. The Morgan fingerprint density at radius 2 is 1.43 bits per heavy atom. The summed E-state index contributed by atoms with van der Waals surface area (Å²) in [5.74, 6) is 0.289. The van der Waals surface area contributed by atoms with Crippen LogP contribution in [-0.2, 0) is 4.79 Å². The monoisotopic (exact) mass is 199 g/mol. The van der Waals surface area contributed by atoms with Gasteiger partial charge in [0.25, 0.3) is 0 Å². The molecule has 0 saturated heterocycles. The molecular formula is C12H25NO. The van der Waals surface area contributed by atoms with Gasteiger partial charge in [-0.2, -0.15) is 0 Å². The van der Waals surface area contributed by atoms with Gasteiger partial charge in [0.1, 0.15) is 0 Å². The van der Waals surface area contributed by atoms with Crippen LogP contribution in [-0.4, -0.2) is 23.4 Å². The van der Waals surface area contributed by atoms with Crippen molar-refractivity contribution in [2.45, 2.75) is 54.0 Å². The Balaban J connectivity index is 4.65. The predicted octanol–water partition coefficient (Wildman–Crippen LogP) is 2.93. The van der Waals surface area contributed by atoms with E-state index in [2.05, 4.69) is 41.5 Å². The lowest BCUT2D eigenvalue weighted by Crippen LogP contribution is -2.47. The van der Waals surface area contributed by atoms with Crippen molar-refractivity contribution in [3.8, 4) is 0 Å². The first kappa shape index (κ1) is 13.5. The van der Waals surface area contributed by atoms with Gasteiger partial charge in [-0.3, -0.25) is 4.79 Å². The van der Waals surface area contributed by atoms with Crippen LogP contribution >= 0.6 is 0 Å². The normalized spacial score (nSPS) is 15.1. The third kappa shape index (κ3) is 3.32. The summed E-state index contributed by atoms with van der Waals surface area (Å²) in [5.41, 5.74) is -0.0484. The highest BCUT2D eigenvalue weighted by molar-refractivity contribution is 5.79. The largest absolute Gasteiger partial charge is 0.341 e. The average Bonchev–Trinajstić information content (AvgIpc) is 1.97. The number of rotatable bonds is 1. The Morgan fingerprint density at radius 3 is 1.64 bits per heavy atom. The lowest BCUT2D eigenvalue weighted by Gasteiger charge is -2.37. The fourth-order valence-electron chi connectivity index (χ4n) is 0.991. The van der Waals surface area contributed by atoms with Crippen LogP contribution in [0.25, 0.3) is 0 Å². The molecule has 0 radical (unpaired) electrons. The molecule has 0 bridgehead atoms. The van der Waals surface area contributed by atoms with Crippen LogP contribution in [0.4, 0.5) is 0 Å². The molecule has 2 nitrogen and oxygen atoms in total. The smallest absolute Gasteiger partial charge is 0.226 e. The van der Waals surface area contributed by atoms with Crippen molar-refractivity contribution in [2.75, 3.05) is 7.05 Å². The lowest BCUT2D eigenvalue weighted by molar-refractivity contribution is -0.141. The summed E-state index contributed by atoms with van der Waals surface area (Å²) >= 11 is 0. The van der Waals surface area contributed by atoms with Crippen LogP contribution in [0, 0.1) is 11.3 Å². The summed E-state index contributed by atoms with van der Waals surface area (Å²) in [6, 6.07) is 0. The molecule has 14 heavy (non-hydrogen) atoms. The van der Waals surface area contributed by atoms with E-state index in [-0.39, 0.29) is 22.8 Å². The molecule has 0 aromatic heterocycles. The van der Waals surface area contributed by atoms with E-state index in [0.29, 0.717) is 0 Å². The number of hydrogen-bond acceptors (Lipinski definition) is 1.